The van der Waals surface area contributed by atoms with E-state index in [4.69, 9.17) is 4.74 Å². The smallest absolute Gasteiger partial charge is 0.122 e. The van der Waals surface area contributed by atoms with Crippen LogP contribution in [-0.4, -0.2) is 13.2 Å². The van der Waals surface area contributed by atoms with Crippen LogP contribution in [0.5, 0.6) is 5.75 Å². The van der Waals surface area contributed by atoms with Crippen molar-refractivity contribution >= 4 is 0 Å². The van der Waals surface area contributed by atoms with Crippen LogP contribution in [0.1, 0.15) is 44.4 Å². The number of aryl methyl sites for hydroxylation is 1. The van der Waals surface area contributed by atoms with Crippen LogP contribution in [0.15, 0.2) is 18.2 Å². The van der Waals surface area contributed by atoms with Gasteiger partial charge in [0.05, 0.1) is 6.61 Å². The molecule has 0 heterocycles. The molecular formula is C16H23NO. The van der Waals surface area contributed by atoms with Crippen LogP contribution in [0.4, 0.5) is 0 Å². The van der Waals surface area contributed by atoms with Gasteiger partial charge in [0.25, 0.3) is 0 Å². The van der Waals surface area contributed by atoms with Crippen LogP contribution in [-0.2, 0) is 0 Å². The SMILES string of the molecule is CC#CCCOc1ccc(C(C)NCC)cc1C. The highest BCUT2D eigenvalue weighted by Gasteiger charge is 2.06. The fraction of sp³-hybridized carbons (Fsp3) is 0.500. The third kappa shape index (κ3) is 4.43. The molecule has 0 fully saturated rings. The highest BCUT2D eigenvalue weighted by Crippen LogP contribution is 2.22. The Morgan fingerprint density at radius 2 is 2.17 bits per heavy atom. The molecule has 0 spiro atoms. The highest BCUT2D eigenvalue weighted by atomic mass is 16.5. The molecule has 0 aliphatic heterocycles. The van der Waals surface area contributed by atoms with Gasteiger partial charge in [0, 0.05) is 12.5 Å². The number of hydrogen-bond donors (Lipinski definition) is 1. The molecule has 1 unspecified atom stereocenters. The Kier molecular flexibility index (Phi) is 6.32. The Balaban J connectivity index is 2.63. The van der Waals surface area contributed by atoms with E-state index in [1.54, 1.807) is 0 Å². The van der Waals surface area contributed by atoms with E-state index in [1.807, 2.05) is 6.92 Å². The average molecular weight is 245 g/mol. The zero-order chi connectivity index (χ0) is 13.4. The second kappa shape index (κ2) is 7.79. The van der Waals surface area contributed by atoms with Crippen molar-refractivity contribution in [1.82, 2.24) is 5.32 Å². The molecule has 1 N–H and O–H groups in total. The molecule has 1 rings (SSSR count). The lowest BCUT2D eigenvalue weighted by molar-refractivity contribution is 0.325. The normalized spacial score (nSPS) is 11.6. The standard InChI is InChI=1S/C16H23NO/c1-5-7-8-11-18-16-10-9-15(12-13(16)3)14(4)17-6-2/h9-10,12,14,17H,6,8,11H2,1-4H3. The summed E-state index contributed by atoms with van der Waals surface area (Å²) in [6.45, 7) is 9.87. The molecule has 0 aromatic heterocycles. The minimum atomic E-state index is 0.383. The molecule has 0 aliphatic carbocycles. The van der Waals surface area contributed by atoms with Gasteiger partial charge < -0.3 is 10.1 Å². The summed E-state index contributed by atoms with van der Waals surface area (Å²) in [5.74, 6) is 6.83. The van der Waals surface area contributed by atoms with Gasteiger partial charge in [0.1, 0.15) is 5.75 Å². The van der Waals surface area contributed by atoms with Gasteiger partial charge in [-0.1, -0.05) is 19.1 Å². The maximum atomic E-state index is 5.71. The number of nitrogens with one attached hydrogen (secondary N) is 1. The molecule has 0 aliphatic rings. The molecule has 1 atom stereocenters. The van der Waals surface area contributed by atoms with Crippen molar-refractivity contribution in [2.45, 2.75) is 40.2 Å². The molecule has 0 radical (unpaired) electrons. The van der Waals surface area contributed by atoms with Gasteiger partial charge >= 0.3 is 0 Å². The highest BCUT2D eigenvalue weighted by molar-refractivity contribution is 5.37. The van der Waals surface area contributed by atoms with Crippen molar-refractivity contribution in [3.05, 3.63) is 29.3 Å². The van der Waals surface area contributed by atoms with E-state index >= 15 is 0 Å². The van der Waals surface area contributed by atoms with Crippen LogP contribution < -0.4 is 10.1 Å². The van der Waals surface area contributed by atoms with Crippen LogP contribution in [0.3, 0.4) is 0 Å². The Bertz CT molecular complexity index is 428. The molecule has 1 aromatic carbocycles. The number of rotatable bonds is 6. The largest absolute Gasteiger partial charge is 0.492 e. The van der Waals surface area contributed by atoms with E-state index in [-0.39, 0.29) is 0 Å². The van der Waals surface area contributed by atoms with Crippen LogP contribution in [0.2, 0.25) is 0 Å². The zero-order valence-corrected chi connectivity index (χ0v) is 11.8. The minimum Gasteiger partial charge on any atom is -0.492 e. The summed E-state index contributed by atoms with van der Waals surface area (Å²) in [6, 6.07) is 6.75. The lowest BCUT2D eigenvalue weighted by Gasteiger charge is -2.15. The fourth-order valence-electron chi connectivity index (χ4n) is 1.86. The van der Waals surface area contributed by atoms with Gasteiger partial charge in [0.15, 0.2) is 0 Å². The fourth-order valence-corrected chi connectivity index (χ4v) is 1.86. The van der Waals surface area contributed by atoms with Crippen molar-refractivity contribution in [2.75, 3.05) is 13.2 Å². The zero-order valence-electron chi connectivity index (χ0n) is 11.8. The van der Waals surface area contributed by atoms with E-state index < -0.39 is 0 Å². The van der Waals surface area contributed by atoms with Crippen molar-refractivity contribution in [1.29, 1.82) is 0 Å². The topological polar surface area (TPSA) is 21.3 Å². The lowest BCUT2D eigenvalue weighted by atomic mass is 10.1. The number of benzene rings is 1. The van der Waals surface area contributed by atoms with Crippen molar-refractivity contribution in [3.8, 4) is 17.6 Å². The second-order valence-electron chi connectivity index (χ2n) is 4.33. The third-order valence-corrected chi connectivity index (χ3v) is 2.87. The van der Waals surface area contributed by atoms with Crippen molar-refractivity contribution in [3.63, 3.8) is 0 Å². The van der Waals surface area contributed by atoms with Crippen molar-refractivity contribution < 1.29 is 4.74 Å². The van der Waals surface area contributed by atoms with Crippen LogP contribution >= 0.6 is 0 Å². The first kappa shape index (κ1) is 14.6. The Morgan fingerprint density at radius 3 is 2.78 bits per heavy atom. The summed E-state index contributed by atoms with van der Waals surface area (Å²) in [7, 11) is 0. The molecule has 0 saturated heterocycles. The Morgan fingerprint density at radius 1 is 1.39 bits per heavy atom. The first-order valence-electron chi connectivity index (χ1n) is 6.55. The van der Waals surface area contributed by atoms with E-state index in [0.717, 1.165) is 18.7 Å². The summed E-state index contributed by atoms with van der Waals surface area (Å²) in [5.41, 5.74) is 2.48. The molecule has 0 bridgehead atoms. The summed E-state index contributed by atoms with van der Waals surface area (Å²) >= 11 is 0. The minimum absolute atomic E-state index is 0.383. The maximum Gasteiger partial charge on any atom is 0.122 e. The Hall–Kier alpha value is -1.46. The van der Waals surface area contributed by atoms with Gasteiger partial charge in [0.2, 0.25) is 0 Å². The molecule has 18 heavy (non-hydrogen) atoms. The quantitative estimate of drug-likeness (QED) is 0.612. The van der Waals surface area contributed by atoms with Gasteiger partial charge in [-0.25, -0.2) is 0 Å². The molecule has 0 amide bonds. The Labute approximate surface area is 111 Å². The average Bonchev–Trinajstić information content (AvgIpc) is 2.36. The molecule has 0 saturated carbocycles. The van der Waals surface area contributed by atoms with Gasteiger partial charge in [-0.3, -0.25) is 0 Å². The predicted molar refractivity (Wildman–Crippen MR) is 76.8 cm³/mol. The lowest BCUT2D eigenvalue weighted by Crippen LogP contribution is -2.17. The summed E-state index contributed by atoms with van der Waals surface area (Å²) < 4.78 is 5.71. The van der Waals surface area contributed by atoms with E-state index in [2.05, 4.69) is 56.1 Å². The predicted octanol–water partition coefficient (Wildman–Crippen LogP) is 3.46. The molecule has 2 nitrogen and oxygen atoms in total. The molecular weight excluding hydrogens is 222 g/mol. The third-order valence-electron chi connectivity index (χ3n) is 2.87. The first-order valence-corrected chi connectivity index (χ1v) is 6.55. The van der Waals surface area contributed by atoms with E-state index in [0.29, 0.717) is 12.6 Å². The summed E-state index contributed by atoms with van der Waals surface area (Å²) in [5, 5.41) is 3.41. The molecule has 2 heteroatoms. The number of hydrogen-bond acceptors (Lipinski definition) is 2. The first-order chi connectivity index (χ1) is 8.69. The van der Waals surface area contributed by atoms with E-state index in [1.165, 1.54) is 11.1 Å². The van der Waals surface area contributed by atoms with Crippen molar-refractivity contribution in [2.24, 2.45) is 0 Å². The molecule has 1 aromatic rings. The van der Waals surface area contributed by atoms with Gasteiger partial charge in [-0.05, 0) is 44.5 Å². The summed E-state index contributed by atoms with van der Waals surface area (Å²) in [4.78, 5) is 0. The second-order valence-corrected chi connectivity index (χ2v) is 4.33. The van der Waals surface area contributed by atoms with Gasteiger partial charge in [-0.15, -0.1) is 11.8 Å². The number of ether oxygens (including phenoxy) is 1. The van der Waals surface area contributed by atoms with Gasteiger partial charge in [-0.2, -0.15) is 0 Å². The maximum absolute atomic E-state index is 5.71. The van der Waals surface area contributed by atoms with Crippen LogP contribution in [0, 0.1) is 18.8 Å². The summed E-state index contributed by atoms with van der Waals surface area (Å²) in [6.07, 6.45) is 0.783. The van der Waals surface area contributed by atoms with E-state index in [9.17, 15) is 0 Å². The monoisotopic (exact) mass is 245 g/mol. The van der Waals surface area contributed by atoms with Crippen LogP contribution in [0.25, 0.3) is 0 Å². The molecule has 98 valence electrons.